The smallest absolute Gasteiger partial charge is 0.328 e. The van der Waals surface area contributed by atoms with Gasteiger partial charge >= 0.3 is 5.97 Å². The Bertz CT molecular complexity index is 1200. The number of methoxy groups -OCH3 is 1. The van der Waals surface area contributed by atoms with E-state index >= 15 is 0 Å². The van der Waals surface area contributed by atoms with Crippen molar-refractivity contribution < 1.29 is 34.1 Å². The first-order valence-electron chi connectivity index (χ1n) is 15.0. The van der Waals surface area contributed by atoms with E-state index in [9.17, 15) is 24.6 Å². The zero-order valence-electron chi connectivity index (χ0n) is 26.2. The number of carbonyl (C=O) groups excluding carboxylic acids is 3. The number of benzene rings is 1. The summed E-state index contributed by atoms with van der Waals surface area (Å²) in [5, 5.41) is 27.0. The number of rotatable bonds is 6. The Kier molecular flexibility index (Phi) is 14.9. The zero-order valence-corrected chi connectivity index (χ0v) is 26.2. The SMILES string of the molecule is CCC(C)C(=O)NC(C)C(=O)OC1C/C=C/C=C/C=C/C(OC)CC(=O)Nc2cc(O)cc(c2)CC/C=C(/C)C(O)C1C. The summed E-state index contributed by atoms with van der Waals surface area (Å²) < 4.78 is 11.3. The third-order valence-corrected chi connectivity index (χ3v) is 7.60. The summed E-state index contributed by atoms with van der Waals surface area (Å²) in [6.07, 6.45) is 13.0. The maximum absolute atomic E-state index is 13.0. The maximum Gasteiger partial charge on any atom is 0.328 e. The molecule has 236 valence electrons. The summed E-state index contributed by atoms with van der Waals surface area (Å²) in [7, 11) is 1.53. The molecule has 0 saturated carbocycles. The number of fused-ring (bicyclic) bond motifs is 2. The van der Waals surface area contributed by atoms with Gasteiger partial charge in [-0.15, -0.1) is 0 Å². The van der Waals surface area contributed by atoms with Crippen molar-refractivity contribution in [2.75, 3.05) is 12.4 Å². The highest BCUT2D eigenvalue weighted by atomic mass is 16.5. The van der Waals surface area contributed by atoms with Crippen molar-refractivity contribution in [3.8, 4) is 5.75 Å². The average molecular weight is 597 g/mol. The second-order valence-corrected chi connectivity index (χ2v) is 11.2. The first kappa shape index (κ1) is 35.5. The van der Waals surface area contributed by atoms with Gasteiger partial charge in [0.2, 0.25) is 11.8 Å². The van der Waals surface area contributed by atoms with E-state index in [-0.39, 0.29) is 29.9 Å². The predicted octanol–water partition coefficient (Wildman–Crippen LogP) is 5.15. The largest absolute Gasteiger partial charge is 0.508 e. The van der Waals surface area contributed by atoms with Crippen LogP contribution in [0.2, 0.25) is 0 Å². The minimum Gasteiger partial charge on any atom is -0.508 e. The number of aliphatic hydroxyl groups is 1. The van der Waals surface area contributed by atoms with Crippen LogP contribution in [-0.2, 0) is 30.3 Å². The van der Waals surface area contributed by atoms with Crippen LogP contribution in [-0.4, -0.2) is 59.5 Å². The number of nitrogens with one attached hydrogen (secondary N) is 2. The number of anilines is 1. The molecule has 2 bridgehead atoms. The molecule has 9 heteroatoms. The fraction of sp³-hybridized carbons (Fsp3) is 0.500. The van der Waals surface area contributed by atoms with Crippen LogP contribution in [0.15, 0.2) is 66.3 Å². The van der Waals surface area contributed by atoms with E-state index in [1.54, 1.807) is 44.2 Å². The van der Waals surface area contributed by atoms with Gasteiger partial charge < -0.3 is 30.3 Å². The number of aliphatic hydroxyl groups excluding tert-OH is 1. The monoisotopic (exact) mass is 596 g/mol. The number of aryl methyl sites for hydroxylation is 1. The van der Waals surface area contributed by atoms with Crippen molar-refractivity contribution in [1.29, 1.82) is 0 Å². The Morgan fingerprint density at radius 3 is 2.56 bits per heavy atom. The van der Waals surface area contributed by atoms with Crippen LogP contribution in [0.4, 0.5) is 5.69 Å². The van der Waals surface area contributed by atoms with E-state index in [1.165, 1.54) is 13.2 Å². The lowest BCUT2D eigenvalue weighted by atomic mass is 9.90. The normalized spacial score (nSPS) is 27.1. The molecule has 0 spiro atoms. The molecule has 9 nitrogen and oxygen atoms in total. The molecule has 1 aromatic carbocycles. The van der Waals surface area contributed by atoms with Gasteiger partial charge in [-0.2, -0.15) is 0 Å². The number of allylic oxidation sites excluding steroid dienone is 5. The Balaban J connectivity index is 2.31. The summed E-state index contributed by atoms with van der Waals surface area (Å²) >= 11 is 0. The predicted molar refractivity (Wildman–Crippen MR) is 168 cm³/mol. The second kappa shape index (κ2) is 18.1. The molecule has 1 heterocycles. The van der Waals surface area contributed by atoms with Gasteiger partial charge in [0, 0.05) is 37.1 Å². The van der Waals surface area contributed by atoms with Crippen LogP contribution in [0.25, 0.3) is 0 Å². The van der Waals surface area contributed by atoms with Crippen LogP contribution in [0.3, 0.4) is 0 Å². The first-order chi connectivity index (χ1) is 20.4. The van der Waals surface area contributed by atoms with Crippen LogP contribution in [0.5, 0.6) is 5.75 Å². The van der Waals surface area contributed by atoms with Gasteiger partial charge in [-0.05, 0) is 56.4 Å². The fourth-order valence-electron chi connectivity index (χ4n) is 4.55. The molecule has 0 aliphatic carbocycles. The standard InChI is InChI=1S/C34H48N2O7/c1-7-22(2)33(40)35-25(5)34(41)43-30-17-12-10-8-9-11-16-29(42-6)21-31(38)36-27-18-26(19-28(37)20-27)15-13-14-23(3)32(39)24(30)4/h8-12,14,16,18-20,22,24-25,29-30,32,37,39H,7,13,15,17,21H2,1-6H3,(H,35,40)(H,36,38)/b9-8+,12-10+,16-11+,23-14-. The van der Waals surface area contributed by atoms with Gasteiger partial charge in [-0.3, -0.25) is 9.59 Å². The van der Waals surface area contributed by atoms with Crippen LogP contribution < -0.4 is 10.6 Å². The summed E-state index contributed by atoms with van der Waals surface area (Å²) in [6, 6.07) is 4.12. The minimum absolute atomic E-state index is 0.0422. The van der Waals surface area contributed by atoms with E-state index in [0.717, 1.165) is 11.1 Å². The van der Waals surface area contributed by atoms with Gasteiger partial charge in [0.15, 0.2) is 0 Å². The molecule has 2 amide bonds. The van der Waals surface area contributed by atoms with Gasteiger partial charge in [-0.25, -0.2) is 4.79 Å². The van der Waals surface area contributed by atoms with Crippen molar-refractivity contribution in [1.82, 2.24) is 5.32 Å². The average Bonchev–Trinajstić information content (AvgIpc) is 2.96. The third kappa shape index (κ3) is 12.2. The van der Waals surface area contributed by atoms with Crippen molar-refractivity contribution in [3.63, 3.8) is 0 Å². The molecule has 1 aromatic rings. The van der Waals surface area contributed by atoms with Crippen molar-refractivity contribution in [2.45, 2.75) is 91.1 Å². The summed E-state index contributed by atoms with van der Waals surface area (Å²) in [4.78, 5) is 37.9. The number of ether oxygens (including phenoxy) is 2. The van der Waals surface area contributed by atoms with E-state index < -0.39 is 36.2 Å². The highest BCUT2D eigenvalue weighted by Gasteiger charge is 2.30. The first-order valence-corrected chi connectivity index (χ1v) is 15.0. The van der Waals surface area contributed by atoms with Crippen LogP contribution in [0, 0.1) is 11.8 Å². The Morgan fingerprint density at radius 2 is 1.86 bits per heavy atom. The van der Waals surface area contributed by atoms with Gasteiger partial charge in [-0.1, -0.05) is 63.3 Å². The summed E-state index contributed by atoms with van der Waals surface area (Å²) in [6.45, 7) is 8.96. The van der Waals surface area contributed by atoms with Gasteiger partial charge in [0.05, 0.1) is 18.6 Å². The molecule has 4 N–H and O–H groups in total. The third-order valence-electron chi connectivity index (χ3n) is 7.60. The van der Waals surface area contributed by atoms with Crippen LogP contribution in [0.1, 0.15) is 65.9 Å². The number of hydrogen-bond donors (Lipinski definition) is 4. The fourth-order valence-corrected chi connectivity index (χ4v) is 4.55. The number of amides is 2. The number of carbonyl (C=O) groups is 3. The lowest BCUT2D eigenvalue weighted by Crippen LogP contribution is -2.44. The topological polar surface area (TPSA) is 134 Å². The Hall–Kier alpha value is -3.69. The molecule has 0 fully saturated rings. The van der Waals surface area contributed by atoms with E-state index in [2.05, 4.69) is 10.6 Å². The molecule has 1 aliphatic rings. The lowest BCUT2D eigenvalue weighted by molar-refractivity contribution is -0.156. The van der Waals surface area contributed by atoms with Crippen molar-refractivity contribution >= 4 is 23.5 Å². The lowest BCUT2D eigenvalue weighted by Gasteiger charge is -2.29. The van der Waals surface area contributed by atoms with Gasteiger partial charge in [0.25, 0.3) is 0 Å². The number of hydrogen-bond acceptors (Lipinski definition) is 7. The molecule has 2 rings (SSSR count). The highest BCUT2D eigenvalue weighted by molar-refractivity contribution is 5.91. The van der Waals surface area contributed by atoms with Crippen molar-refractivity contribution in [2.24, 2.45) is 11.8 Å². The van der Waals surface area contributed by atoms with Gasteiger partial charge in [0.1, 0.15) is 17.9 Å². The van der Waals surface area contributed by atoms with E-state index in [0.29, 0.717) is 31.4 Å². The molecule has 6 atom stereocenters. The van der Waals surface area contributed by atoms with Crippen LogP contribution >= 0.6 is 0 Å². The number of phenols is 1. The molecule has 0 radical (unpaired) electrons. The summed E-state index contributed by atoms with van der Waals surface area (Å²) in [5.41, 5.74) is 2.04. The maximum atomic E-state index is 13.0. The molecule has 43 heavy (non-hydrogen) atoms. The minimum atomic E-state index is -0.881. The Labute approximate surface area is 255 Å². The number of phenolic OH excluding ortho intramolecular Hbond substituents is 1. The van der Waals surface area contributed by atoms with Crippen molar-refractivity contribution in [3.05, 3.63) is 71.9 Å². The molecule has 1 aliphatic heterocycles. The highest BCUT2D eigenvalue weighted by Crippen LogP contribution is 2.24. The molecular weight excluding hydrogens is 548 g/mol. The number of aromatic hydroxyl groups is 1. The molecule has 6 unspecified atom stereocenters. The number of esters is 1. The molecule has 0 aromatic heterocycles. The second-order valence-electron chi connectivity index (χ2n) is 11.2. The van der Waals surface area contributed by atoms with E-state index in [1.807, 2.05) is 45.1 Å². The zero-order chi connectivity index (χ0) is 31.9. The molecular formula is C34H48N2O7. The summed E-state index contributed by atoms with van der Waals surface area (Å²) in [5.74, 6) is -1.63. The Morgan fingerprint density at radius 1 is 1.14 bits per heavy atom. The molecule has 0 saturated heterocycles. The van der Waals surface area contributed by atoms with E-state index in [4.69, 9.17) is 9.47 Å². The quantitative estimate of drug-likeness (QED) is 0.264.